The molecule has 0 heterocycles. The molecule has 1 N–H and O–H groups in total. The van der Waals surface area contributed by atoms with Crippen LogP contribution in [-0.4, -0.2) is 50.5 Å². The lowest BCUT2D eigenvalue weighted by atomic mass is 10.0. The van der Waals surface area contributed by atoms with E-state index in [4.69, 9.17) is 11.6 Å². The van der Waals surface area contributed by atoms with E-state index in [0.29, 0.717) is 17.3 Å². The number of nitrogens with zero attached hydrogens (tertiary/aromatic N) is 2. The molecule has 0 unspecified atom stereocenters. The van der Waals surface area contributed by atoms with Crippen LogP contribution < -0.4 is 9.62 Å². The van der Waals surface area contributed by atoms with Gasteiger partial charge in [0.15, 0.2) is 0 Å². The van der Waals surface area contributed by atoms with Crippen LogP contribution in [0.15, 0.2) is 78.9 Å². The summed E-state index contributed by atoms with van der Waals surface area (Å²) in [6.07, 6.45) is 3.07. The third-order valence-electron chi connectivity index (χ3n) is 6.33. The quantitative estimate of drug-likeness (QED) is 0.294. The van der Waals surface area contributed by atoms with Crippen molar-refractivity contribution in [1.82, 2.24) is 10.2 Å². The highest BCUT2D eigenvalue weighted by molar-refractivity contribution is 7.92. The first kappa shape index (κ1) is 30.2. The van der Waals surface area contributed by atoms with Gasteiger partial charge in [-0.3, -0.25) is 13.9 Å². The minimum atomic E-state index is -3.82. The summed E-state index contributed by atoms with van der Waals surface area (Å²) in [5.74, 6) is -0.755. The van der Waals surface area contributed by atoms with Crippen molar-refractivity contribution in [3.8, 4) is 0 Å². The number of hydrogen-bond donors (Lipinski definition) is 1. The van der Waals surface area contributed by atoms with Crippen molar-refractivity contribution in [2.45, 2.75) is 45.7 Å². The summed E-state index contributed by atoms with van der Waals surface area (Å²) in [6, 6.07) is 22.6. The summed E-state index contributed by atoms with van der Waals surface area (Å²) in [5, 5.41) is 3.43. The number of unbranched alkanes of at least 4 members (excludes halogenated alkanes) is 1. The van der Waals surface area contributed by atoms with Gasteiger partial charge >= 0.3 is 0 Å². The number of halogens is 1. The van der Waals surface area contributed by atoms with E-state index in [1.165, 1.54) is 4.90 Å². The van der Waals surface area contributed by atoms with Crippen molar-refractivity contribution >= 4 is 39.1 Å². The van der Waals surface area contributed by atoms with Crippen LogP contribution in [0.4, 0.5) is 5.69 Å². The molecule has 0 aliphatic carbocycles. The summed E-state index contributed by atoms with van der Waals surface area (Å²) < 4.78 is 26.6. The molecule has 0 bridgehead atoms. The van der Waals surface area contributed by atoms with Crippen LogP contribution in [0.2, 0.25) is 5.02 Å². The summed E-state index contributed by atoms with van der Waals surface area (Å²) >= 11 is 6.01. The number of anilines is 1. The minimum Gasteiger partial charge on any atom is -0.354 e. The van der Waals surface area contributed by atoms with Crippen LogP contribution in [0.1, 0.15) is 36.5 Å². The zero-order valence-electron chi connectivity index (χ0n) is 22.6. The van der Waals surface area contributed by atoms with Gasteiger partial charge in [-0.2, -0.15) is 0 Å². The number of hydrogen-bond acceptors (Lipinski definition) is 4. The number of carbonyl (C=O) groups is 2. The average molecular weight is 570 g/mol. The van der Waals surface area contributed by atoms with E-state index in [2.05, 4.69) is 5.32 Å². The Balaban J connectivity index is 2.02. The normalized spacial score (nSPS) is 12.0. The fraction of sp³-hybridized carbons (Fsp3) is 0.333. The van der Waals surface area contributed by atoms with Crippen LogP contribution in [0.5, 0.6) is 0 Å². The monoisotopic (exact) mass is 569 g/mol. The van der Waals surface area contributed by atoms with Crippen LogP contribution in [0.25, 0.3) is 0 Å². The van der Waals surface area contributed by atoms with Gasteiger partial charge in [-0.05, 0) is 48.7 Å². The minimum absolute atomic E-state index is 0.150. The number of carbonyl (C=O) groups excluding carboxylic acids is 2. The highest BCUT2D eigenvalue weighted by Crippen LogP contribution is 2.22. The lowest BCUT2D eigenvalue weighted by Crippen LogP contribution is -2.53. The maximum absolute atomic E-state index is 14.0. The Hall–Kier alpha value is -3.36. The van der Waals surface area contributed by atoms with Gasteiger partial charge < -0.3 is 10.2 Å². The van der Waals surface area contributed by atoms with Crippen molar-refractivity contribution in [3.63, 3.8) is 0 Å². The SMILES string of the molecule is CCCCNC(=O)[C@H](Cc1ccccc1)N(Cc1cccc(C)c1)C(=O)CN(c1ccc(Cl)cc1)S(C)(=O)=O. The summed E-state index contributed by atoms with van der Waals surface area (Å²) in [5.41, 5.74) is 3.08. The van der Waals surface area contributed by atoms with Crippen molar-refractivity contribution in [2.24, 2.45) is 0 Å². The fourth-order valence-corrected chi connectivity index (χ4v) is 5.26. The summed E-state index contributed by atoms with van der Waals surface area (Å²) in [6.45, 7) is 4.18. The first-order valence-corrected chi connectivity index (χ1v) is 15.2. The first-order valence-electron chi connectivity index (χ1n) is 13.0. The van der Waals surface area contributed by atoms with Crippen LogP contribution >= 0.6 is 11.6 Å². The number of amides is 2. The van der Waals surface area contributed by atoms with E-state index in [9.17, 15) is 18.0 Å². The van der Waals surface area contributed by atoms with E-state index in [1.54, 1.807) is 24.3 Å². The van der Waals surface area contributed by atoms with Crippen molar-refractivity contribution in [1.29, 1.82) is 0 Å². The van der Waals surface area contributed by atoms with Gasteiger partial charge in [-0.1, -0.05) is 85.1 Å². The van der Waals surface area contributed by atoms with Gasteiger partial charge in [0.1, 0.15) is 12.6 Å². The highest BCUT2D eigenvalue weighted by Gasteiger charge is 2.33. The topological polar surface area (TPSA) is 86.8 Å². The second-order valence-corrected chi connectivity index (χ2v) is 12.0. The van der Waals surface area contributed by atoms with E-state index < -0.39 is 28.5 Å². The van der Waals surface area contributed by atoms with Gasteiger partial charge in [-0.25, -0.2) is 8.42 Å². The average Bonchev–Trinajstić information content (AvgIpc) is 2.90. The summed E-state index contributed by atoms with van der Waals surface area (Å²) in [7, 11) is -3.82. The molecule has 2 amide bonds. The predicted molar refractivity (Wildman–Crippen MR) is 157 cm³/mol. The molecular formula is C30H36ClN3O4S. The van der Waals surface area contributed by atoms with Crippen molar-refractivity contribution in [2.75, 3.05) is 23.7 Å². The molecule has 3 aromatic rings. The van der Waals surface area contributed by atoms with Gasteiger partial charge in [0.2, 0.25) is 21.8 Å². The summed E-state index contributed by atoms with van der Waals surface area (Å²) in [4.78, 5) is 29.1. The smallest absolute Gasteiger partial charge is 0.244 e. The molecule has 0 radical (unpaired) electrons. The van der Waals surface area contributed by atoms with E-state index in [0.717, 1.165) is 40.1 Å². The lowest BCUT2D eigenvalue weighted by molar-refractivity contribution is -0.140. The second kappa shape index (κ2) is 14.1. The molecular weight excluding hydrogens is 534 g/mol. The molecule has 208 valence electrons. The van der Waals surface area contributed by atoms with Gasteiger partial charge in [0, 0.05) is 24.5 Å². The van der Waals surface area contributed by atoms with Gasteiger partial charge in [0.05, 0.1) is 11.9 Å². The van der Waals surface area contributed by atoms with Crippen molar-refractivity contribution < 1.29 is 18.0 Å². The number of benzene rings is 3. The molecule has 3 rings (SSSR count). The first-order chi connectivity index (χ1) is 18.6. The molecule has 0 spiro atoms. The Labute approximate surface area is 236 Å². The molecule has 39 heavy (non-hydrogen) atoms. The molecule has 7 nitrogen and oxygen atoms in total. The maximum Gasteiger partial charge on any atom is 0.244 e. The van der Waals surface area contributed by atoms with E-state index in [-0.39, 0.29) is 18.9 Å². The number of nitrogens with one attached hydrogen (secondary N) is 1. The third kappa shape index (κ3) is 9.11. The predicted octanol–water partition coefficient (Wildman–Crippen LogP) is 4.97. The number of rotatable bonds is 13. The zero-order chi connectivity index (χ0) is 28.4. The molecule has 0 fully saturated rings. The lowest BCUT2D eigenvalue weighted by Gasteiger charge is -2.33. The maximum atomic E-state index is 14.0. The standard InChI is InChI=1S/C30H36ClN3O4S/c1-4-5-18-32-30(36)28(20-24-11-7-6-8-12-24)33(21-25-13-9-10-23(2)19-25)29(35)22-34(39(3,37)38)27-16-14-26(31)15-17-27/h6-17,19,28H,4-5,18,20-22H2,1-3H3,(H,32,36)/t28-/m0/s1. The molecule has 0 saturated carbocycles. The Morgan fingerprint density at radius 3 is 2.23 bits per heavy atom. The third-order valence-corrected chi connectivity index (χ3v) is 7.72. The van der Waals surface area contributed by atoms with Crippen LogP contribution in [-0.2, 0) is 32.6 Å². The largest absolute Gasteiger partial charge is 0.354 e. The molecule has 0 saturated heterocycles. The van der Waals surface area contributed by atoms with Gasteiger partial charge in [0.25, 0.3) is 0 Å². The molecule has 0 aliphatic rings. The van der Waals surface area contributed by atoms with Crippen LogP contribution in [0.3, 0.4) is 0 Å². The fourth-order valence-electron chi connectivity index (χ4n) is 4.29. The Bertz CT molecular complexity index is 1350. The Kier molecular flexibility index (Phi) is 10.9. The number of sulfonamides is 1. The zero-order valence-corrected chi connectivity index (χ0v) is 24.2. The van der Waals surface area contributed by atoms with Crippen LogP contribution in [0, 0.1) is 6.92 Å². The van der Waals surface area contributed by atoms with Gasteiger partial charge in [-0.15, -0.1) is 0 Å². The van der Waals surface area contributed by atoms with Crippen molar-refractivity contribution in [3.05, 3.63) is 101 Å². The Morgan fingerprint density at radius 1 is 0.949 bits per heavy atom. The molecule has 3 aromatic carbocycles. The molecule has 9 heteroatoms. The molecule has 0 aliphatic heterocycles. The highest BCUT2D eigenvalue weighted by atomic mass is 35.5. The number of aryl methyl sites for hydroxylation is 1. The van der Waals surface area contributed by atoms with E-state index >= 15 is 0 Å². The van der Waals surface area contributed by atoms with E-state index in [1.807, 2.05) is 68.4 Å². The Morgan fingerprint density at radius 2 is 1.62 bits per heavy atom. The molecule has 0 aromatic heterocycles. The molecule has 1 atom stereocenters. The second-order valence-electron chi connectivity index (χ2n) is 9.61.